The Morgan fingerprint density at radius 3 is 2.45 bits per heavy atom. The largest absolute Gasteiger partial charge is 0.497 e. The number of methoxy groups -OCH3 is 1. The Hall–Kier alpha value is -2.00. The van der Waals surface area contributed by atoms with Crippen LogP contribution in [0, 0.1) is 0 Å². The van der Waals surface area contributed by atoms with Gasteiger partial charge in [-0.3, -0.25) is 0 Å². The van der Waals surface area contributed by atoms with Crippen LogP contribution in [0.4, 0.5) is 0 Å². The summed E-state index contributed by atoms with van der Waals surface area (Å²) in [4.78, 5) is 0. The van der Waals surface area contributed by atoms with E-state index < -0.39 is 0 Å². The van der Waals surface area contributed by atoms with Crippen LogP contribution in [0.15, 0.2) is 48.5 Å². The van der Waals surface area contributed by atoms with Gasteiger partial charge in [0, 0.05) is 11.6 Å². The van der Waals surface area contributed by atoms with E-state index in [0.717, 1.165) is 24.5 Å². The molecule has 0 aromatic heterocycles. The molecule has 22 heavy (non-hydrogen) atoms. The van der Waals surface area contributed by atoms with Crippen LogP contribution in [0.1, 0.15) is 31.0 Å². The Morgan fingerprint density at radius 1 is 1.05 bits per heavy atom. The van der Waals surface area contributed by atoms with Gasteiger partial charge in [0.1, 0.15) is 11.5 Å². The summed E-state index contributed by atoms with van der Waals surface area (Å²) in [7, 11) is 1.69. The fourth-order valence-corrected chi connectivity index (χ4v) is 2.46. The Bertz CT molecular complexity index is 566. The second kappa shape index (κ2) is 8.44. The SMILES string of the molecule is CCOc1ccccc1C(C)NCCc1ccc(OC)cc1. The highest BCUT2D eigenvalue weighted by Gasteiger charge is 2.10. The third-order valence-corrected chi connectivity index (χ3v) is 3.71. The number of para-hydroxylation sites is 1. The van der Waals surface area contributed by atoms with E-state index in [1.165, 1.54) is 11.1 Å². The molecule has 1 N–H and O–H groups in total. The van der Waals surface area contributed by atoms with E-state index in [9.17, 15) is 0 Å². The molecule has 0 amide bonds. The second-order valence-electron chi connectivity index (χ2n) is 5.24. The van der Waals surface area contributed by atoms with Crippen LogP contribution in [-0.2, 0) is 6.42 Å². The van der Waals surface area contributed by atoms with Crippen molar-refractivity contribution in [3.63, 3.8) is 0 Å². The minimum Gasteiger partial charge on any atom is -0.497 e. The first kappa shape index (κ1) is 16.4. The first-order valence-corrected chi connectivity index (χ1v) is 7.82. The molecule has 0 saturated carbocycles. The van der Waals surface area contributed by atoms with Crippen molar-refractivity contribution >= 4 is 0 Å². The van der Waals surface area contributed by atoms with Gasteiger partial charge < -0.3 is 14.8 Å². The third kappa shape index (κ3) is 4.50. The topological polar surface area (TPSA) is 30.5 Å². The lowest BCUT2D eigenvalue weighted by Gasteiger charge is -2.18. The Labute approximate surface area is 133 Å². The molecule has 0 saturated heterocycles. The van der Waals surface area contributed by atoms with Crippen LogP contribution in [0.3, 0.4) is 0 Å². The van der Waals surface area contributed by atoms with Crippen molar-refractivity contribution in [1.82, 2.24) is 5.32 Å². The van der Waals surface area contributed by atoms with Gasteiger partial charge in [0.25, 0.3) is 0 Å². The van der Waals surface area contributed by atoms with Gasteiger partial charge in [0.15, 0.2) is 0 Å². The lowest BCUT2D eigenvalue weighted by atomic mass is 10.1. The van der Waals surface area contributed by atoms with Gasteiger partial charge in [-0.05, 0) is 50.6 Å². The van der Waals surface area contributed by atoms with Gasteiger partial charge in [-0.15, -0.1) is 0 Å². The molecule has 1 atom stereocenters. The molecule has 0 aliphatic carbocycles. The summed E-state index contributed by atoms with van der Waals surface area (Å²) in [6.45, 7) is 5.80. The van der Waals surface area contributed by atoms with Crippen LogP contribution in [-0.4, -0.2) is 20.3 Å². The first-order valence-electron chi connectivity index (χ1n) is 7.82. The molecule has 2 aromatic rings. The quantitative estimate of drug-likeness (QED) is 0.799. The van der Waals surface area contributed by atoms with E-state index in [0.29, 0.717) is 6.61 Å². The molecule has 1 unspecified atom stereocenters. The molecule has 2 rings (SSSR count). The average Bonchev–Trinajstić information content (AvgIpc) is 2.56. The second-order valence-corrected chi connectivity index (χ2v) is 5.24. The molecule has 0 aliphatic heterocycles. The average molecular weight is 299 g/mol. The number of nitrogens with one attached hydrogen (secondary N) is 1. The van der Waals surface area contributed by atoms with Crippen LogP contribution in [0.5, 0.6) is 11.5 Å². The molecule has 2 aromatic carbocycles. The molecule has 118 valence electrons. The standard InChI is InChI=1S/C19H25NO2/c1-4-22-19-8-6-5-7-18(19)15(2)20-14-13-16-9-11-17(21-3)12-10-16/h5-12,15,20H,4,13-14H2,1-3H3. The summed E-state index contributed by atoms with van der Waals surface area (Å²) < 4.78 is 10.9. The lowest BCUT2D eigenvalue weighted by molar-refractivity contribution is 0.332. The minimum absolute atomic E-state index is 0.265. The maximum absolute atomic E-state index is 5.69. The van der Waals surface area contributed by atoms with Crippen molar-refractivity contribution in [1.29, 1.82) is 0 Å². The highest BCUT2D eigenvalue weighted by Crippen LogP contribution is 2.24. The van der Waals surface area contributed by atoms with Crippen molar-refractivity contribution in [2.75, 3.05) is 20.3 Å². The third-order valence-electron chi connectivity index (χ3n) is 3.71. The van der Waals surface area contributed by atoms with Gasteiger partial charge in [-0.25, -0.2) is 0 Å². The highest BCUT2D eigenvalue weighted by atomic mass is 16.5. The van der Waals surface area contributed by atoms with Crippen LogP contribution < -0.4 is 14.8 Å². The van der Waals surface area contributed by atoms with Gasteiger partial charge in [-0.2, -0.15) is 0 Å². The molecule has 0 aliphatic rings. The lowest BCUT2D eigenvalue weighted by Crippen LogP contribution is -2.22. The van der Waals surface area contributed by atoms with Gasteiger partial charge in [-0.1, -0.05) is 30.3 Å². The molecular weight excluding hydrogens is 274 g/mol. The predicted molar refractivity (Wildman–Crippen MR) is 90.7 cm³/mol. The van der Waals surface area contributed by atoms with Gasteiger partial charge >= 0.3 is 0 Å². The van der Waals surface area contributed by atoms with Crippen LogP contribution >= 0.6 is 0 Å². The summed E-state index contributed by atoms with van der Waals surface area (Å²) in [6, 6.07) is 16.7. The summed E-state index contributed by atoms with van der Waals surface area (Å²) in [5, 5.41) is 3.56. The number of ether oxygens (including phenoxy) is 2. The zero-order valence-electron chi connectivity index (χ0n) is 13.6. The van der Waals surface area contributed by atoms with E-state index in [1.807, 2.05) is 31.2 Å². The number of hydrogen-bond acceptors (Lipinski definition) is 3. The Kier molecular flexibility index (Phi) is 6.28. The van der Waals surface area contributed by atoms with Crippen LogP contribution in [0.25, 0.3) is 0 Å². The normalized spacial score (nSPS) is 12.0. The summed E-state index contributed by atoms with van der Waals surface area (Å²) in [6.07, 6.45) is 0.991. The van der Waals surface area contributed by atoms with Crippen molar-refractivity contribution in [2.24, 2.45) is 0 Å². The molecule has 0 spiro atoms. The number of benzene rings is 2. The monoisotopic (exact) mass is 299 g/mol. The van der Waals surface area contributed by atoms with E-state index in [2.05, 4.69) is 36.5 Å². The summed E-state index contributed by atoms with van der Waals surface area (Å²) in [5.74, 6) is 1.87. The maximum atomic E-state index is 5.69. The molecule has 0 fully saturated rings. The summed E-state index contributed by atoms with van der Waals surface area (Å²) in [5.41, 5.74) is 2.51. The fourth-order valence-electron chi connectivity index (χ4n) is 2.46. The molecular formula is C19H25NO2. The van der Waals surface area contributed by atoms with E-state index in [1.54, 1.807) is 7.11 Å². The zero-order valence-corrected chi connectivity index (χ0v) is 13.6. The molecule has 3 nitrogen and oxygen atoms in total. The van der Waals surface area contributed by atoms with E-state index in [4.69, 9.17) is 9.47 Å². The number of rotatable bonds is 8. The maximum Gasteiger partial charge on any atom is 0.124 e. The zero-order chi connectivity index (χ0) is 15.8. The minimum atomic E-state index is 0.265. The van der Waals surface area contributed by atoms with Crippen molar-refractivity contribution in [3.8, 4) is 11.5 Å². The molecule has 0 radical (unpaired) electrons. The van der Waals surface area contributed by atoms with E-state index in [-0.39, 0.29) is 6.04 Å². The highest BCUT2D eigenvalue weighted by molar-refractivity contribution is 5.35. The van der Waals surface area contributed by atoms with Crippen LogP contribution in [0.2, 0.25) is 0 Å². The first-order chi connectivity index (χ1) is 10.7. The predicted octanol–water partition coefficient (Wildman–Crippen LogP) is 3.99. The van der Waals surface area contributed by atoms with Crippen molar-refractivity contribution in [3.05, 3.63) is 59.7 Å². The van der Waals surface area contributed by atoms with Crippen molar-refractivity contribution < 1.29 is 9.47 Å². The Morgan fingerprint density at radius 2 is 1.77 bits per heavy atom. The Balaban J connectivity index is 1.88. The molecule has 3 heteroatoms. The van der Waals surface area contributed by atoms with E-state index >= 15 is 0 Å². The van der Waals surface area contributed by atoms with Gasteiger partial charge in [0.05, 0.1) is 13.7 Å². The van der Waals surface area contributed by atoms with Crippen molar-refractivity contribution in [2.45, 2.75) is 26.3 Å². The molecule has 0 heterocycles. The fraction of sp³-hybridized carbons (Fsp3) is 0.368. The summed E-state index contributed by atoms with van der Waals surface area (Å²) >= 11 is 0. The smallest absolute Gasteiger partial charge is 0.124 e. The van der Waals surface area contributed by atoms with Gasteiger partial charge in [0.2, 0.25) is 0 Å². The molecule has 0 bridgehead atoms. The number of hydrogen-bond donors (Lipinski definition) is 1.